The fourth-order valence-corrected chi connectivity index (χ4v) is 1.75. The molecule has 0 bridgehead atoms. The first-order valence-electron chi connectivity index (χ1n) is 5.03. The van der Waals surface area contributed by atoms with Crippen molar-refractivity contribution in [3.63, 3.8) is 0 Å². The Balaban J connectivity index is 2.35. The van der Waals surface area contributed by atoms with E-state index < -0.39 is 0 Å². The normalized spacial score (nSPS) is 10.3. The van der Waals surface area contributed by atoms with Gasteiger partial charge in [-0.3, -0.25) is 15.0 Å². The lowest BCUT2D eigenvalue weighted by atomic mass is 10.2. The molecule has 0 unspecified atom stereocenters. The number of rotatable bonds is 1. The molecule has 3 heterocycles. The Labute approximate surface area is 96.8 Å². The van der Waals surface area contributed by atoms with E-state index in [0.717, 1.165) is 5.52 Å². The molecule has 3 aromatic rings. The predicted molar refractivity (Wildman–Crippen MR) is 61.8 cm³/mol. The number of hydrogen-bond donors (Lipinski definition) is 1. The molecule has 80 valence electrons. The Hall–Kier alpha value is -2.74. The van der Waals surface area contributed by atoms with E-state index in [0.29, 0.717) is 22.5 Å². The summed E-state index contributed by atoms with van der Waals surface area (Å²) in [6, 6.07) is 5.85. The Bertz CT molecular complexity index is 709. The lowest BCUT2D eigenvalue weighted by Gasteiger charge is -1.95. The van der Waals surface area contributed by atoms with Crippen LogP contribution in [0.2, 0.25) is 0 Å². The number of H-pyrrole nitrogens is 1. The predicted octanol–water partition coefficient (Wildman–Crippen LogP) is 1.89. The molecule has 0 aliphatic rings. The minimum absolute atomic E-state index is 0.501. The van der Waals surface area contributed by atoms with Crippen LogP contribution in [0.5, 0.6) is 0 Å². The van der Waals surface area contributed by atoms with Crippen LogP contribution in [0, 0.1) is 11.3 Å². The second-order valence-electron chi connectivity index (χ2n) is 3.48. The van der Waals surface area contributed by atoms with E-state index in [2.05, 4.69) is 26.0 Å². The lowest BCUT2D eigenvalue weighted by molar-refractivity contribution is 1.19. The zero-order valence-corrected chi connectivity index (χ0v) is 8.75. The Kier molecular flexibility index (Phi) is 2.06. The molecule has 0 aromatic carbocycles. The first kappa shape index (κ1) is 9.48. The van der Waals surface area contributed by atoms with E-state index in [-0.39, 0.29) is 0 Å². The fourth-order valence-electron chi connectivity index (χ4n) is 1.75. The summed E-state index contributed by atoms with van der Waals surface area (Å²) in [7, 11) is 0. The van der Waals surface area contributed by atoms with Crippen molar-refractivity contribution in [3.05, 3.63) is 42.5 Å². The molecule has 3 aromatic heterocycles. The summed E-state index contributed by atoms with van der Waals surface area (Å²) in [5, 5.41) is 9.21. The monoisotopic (exact) mass is 221 g/mol. The maximum absolute atomic E-state index is 9.21. The third-order valence-electron chi connectivity index (χ3n) is 2.49. The van der Waals surface area contributed by atoms with Gasteiger partial charge >= 0.3 is 0 Å². The SMILES string of the molecule is N#Cc1c(-c2cnccn2)[nH]c2cccnc12. The first-order valence-corrected chi connectivity index (χ1v) is 5.03. The van der Waals surface area contributed by atoms with Crippen molar-refractivity contribution in [2.45, 2.75) is 0 Å². The molecule has 0 fully saturated rings. The Morgan fingerprint density at radius 1 is 1.18 bits per heavy atom. The van der Waals surface area contributed by atoms with Crippen LogP contribution in [0.1, 0.15) is 5.56 Å². The van der Waals surface area contributed by atoms with Crippen LogP contribution in [-0.4, -0.2) is 19.9 Å². The molecule has 0 amide bonds. The van der Waals surface area contributed by atoms with Gasteiger partial charge in [0, 0.05) is 18.6 Å². The van der Waals surface area contributed by atoms with Gasteiger partial charge in [0.25, 0.3) is 0 Å². The Morgan fingerprint density at radius 3 is 2.88 bits per heavy atom. The van der Waals surface area contributed by atoms with Crippen molar-refractivity contribution in [2.24, 2.45) is 0 Å². The third-order valence-corrected chi connectivity index (χ3v) is 2.49. The molecule has 0 aliphatic carbocycles. The number of pyridine rings is 1. The van der Waals surface area contributed by atoms with E-state index >= 15 is 0 Å². The summed E-state index contributed by atoms with van der Waals surface area (Å²) >= 11 is 0. The molecular formula is C12H7N5. The van der Waals surface area contributed by atoms with Crippen molar-refractivity contribution < 1.29 is 0 Å². The molecule has 0 atom stereocenters. The third kappa shape index (κ3) is 1.43. The van der Waals surface area contributed by atoms with Gasteiger partial charge in [0.2, 0.25) is 0 Å². The van der Waals surface area contributed by atoms with Crippen LogP contribution in [0.15, 0.2) is 36.9 Å². The van der Waals surface area contributed by atoms with E-state index in [1.165, 1.54) is 0 Å². The molecule has 5 nitrogen and oxygen atoms in total. The minimum atomic E-state index is 0.501. The van der Waals surface area contributed by atoms with Crippen molar-refractivity contribution in [1.82, 2.24) is 19.9 Å². The average Bonchev–Trinajstić information content (AvgIpc) is 2.78. The van der Waals surface area contributed by atoms with Crippen LogP contribution >= 0.6 is 0 Å². The molecule has 0 aliphatic heterocycles. The quantitative estimate of drug-likeness (QED) is 0.680. The van der Waals surface area contributed by atoms with Crippen LogP contribution in [-0.2, 0) is 0 Å². The van der Waals surface area contributed by atoms with Gasteiger partial charge in [-0.1, -0.05) is 0 Å². The van der Waals surface area contributed by atoms with Gasteiger partial charge in [0.1, 0.15) is 22.8 Å². The number of nitrogens with zero attached hydrogens (tertiary/aromatic N) is 4. The number of aromatic amines is 1. The molecule has 17 heavy (non-hydrogen) atoms. The van der Waals surface area contributed by atoms with Crippen LogP contribution < -0.4 is 0 Å². The van der Waals surface area contributed by atoms with Crippen molar-refractivity contribution in [2.75, 3.05) is 0 Å². The largest absolute Gasteiger partial charge is 0.351 e. The first-order chi connectivity index (χ1) is 8.40. The molecule has 3 rings (SSSR count). The maximum Gasteiger partial charge on any atom is 0.106 e. The highest BCUT2D eigenvalue weighted by Gasteiger charge is 2.14. The molecule has 1 N–H and O–H groups in total. The van der Waals surface area contributed by atoms with Crippen LogP contribution in [0.25, 0.3) is 22.4 Å². The number of aromatic nitrogens is 4. The van der Waals surface area contributed by atoms with Crippen molar-refractivity contribution >= 4 is 11.0 Å². The highest BCUT2D eigenvalue weighted by Crippen LogP contribution is 2.26. The number of nitrogens with one attached hydrogen (secondary N) is 1. The summed E-state index contributed by atoms with van der Waals surface area (Å²) in [5.41, 5.74) is 3.29. The van der Waals surface area contributed by atoms with E-state index in [1.54, 1.807) is 24.8 Å². The summed E-state index contributed by atoms with van der Waals surface area (Å²) < 4.78 is 0. The molecule has 5 heteroatoms. The van der Waals surface area contributed by atoms with E-state index in [9.17, 15) is 5.26 Å². The highest BCUT2D eigenvalue weighted by atomic mass is 14.8. The van der Waals surface area contributed by atoms with E-state index in [1.807, 2.05) is 12.1 Å². The van der Waals surface area contributed by atoms with Gasteiger partial charge in [-0.2, -0.15) is 5.26 Å². The molecule has 0 spiro atoms. The van der Waals surface area contributed by atoms with Gasteiger partial charge in [0.15, 0.2) is 0 Å². The topological polar surface area (TPSA) is 78.2 Å². The van der Waals surface area contributed by atoms with Gasteiger partial charge in [-0.15, -0.1) is 0 Å². The molecule has 0 saturated heterocycles. The summed E-state index contributed by atoms with van der Waals surface area (Å²) in [4.78, 5) is 15.5. The standard InChI is InChI=1S/C12H7N5/c13-6-8-11-9(2-1-3-16-11)17-12(8)10-7-14-4-5-15-10/h1-5,7,17H. The van der Waals surface area contributed by atoms with Crippen LogP contribution in [0.3, 0.4) is 0 Å². The second-order valence-corrected chi connectivity index (χ2v) is 3.48. The second kappa shape index (κ2) is 3.68. The molecular weight excluding hydrogens is 214 g/mol. The Morgan fingerprint density at radius 2 is 2.12 bits per heavy atom. The maximum atomic E-state index is 9.21. The van der Waals surface area contributed by atoms with Crippen LogP contribution in [0.4, 0.5) is 0 Å². The van der Waals surface area contributed by atoms with Gasteiger partial charge in [-0.05, 0) is 12.1 Å². The van der Waals surface area contributed by atoms with Gasteiger partial charge < -0.3 is 4.98 Å². The lowest BCUT2D eigenvalue weighted by Crippen LogP contribution is -1.86. The summed E-state index contributed by atoms with van der Waals surface area (Å²) in [6.45, 7) is 0. The van der Waals surface area contributed by atoms with Gasteiger partial charge in [-0.25, -0.2) is 0 Å². The average molecular weight is 221 g/mol. The zero-order chi connectivity index (χ0) is 11.7. The summed E-state index contributed by atoms with van der Waals surface area (Å²) in [6.07, 6.45) is 6.47. The highest BCUT2D eigenvalue weighted by molar-refractivity contribution is 5.89. The molecule has 0 radical (unpaired) electrons. The molecule has 0 saturated carbocycles. The smallest absolute Gasteiger partial charge is 0.106 e. The number of hydrogen-bond acceptors (Lipinski definition) is 4. The zero-order valence-electron chi connectivity index (χ0n) is 8.75. The van der Waals surface area contributed by atoms with Gasteiger partial charge in [0.05, 0.1) is 17.4 Å². The minimum Gasteiger partial charge on any atom is -0.351 e. The number of fused-ring (bicyclic) bond motifs is 1. The summed E-state index contributed by atoms with van der Waals surface area (Å²) in [5.74, 6) is 0. The van der Waals surface area contributed by atoms with Crippen molar-refractivity contribution in [3.8, 4) is 17.5 Å². The van der Waals surface area contributed by atoms with Crippen molar-refractivity contribution in [1.29, 1.82) is 5.26 Å². The van der Waals surface area contributed by atoms with E-state index in [4.69, 9.17) is 0 Å². The number of nitriles is 1. The fraction of sp³-hybridized carbons (Fsp3) is 0.